The van der Waals surface area contributed by atoms with Crippen LogP contribution in [-0.2, 0) is 20.9 Å². The molecule has 2 aromatic carbocycles. The Labute approximate surface area is 194 Å². The van der Waals surface area contributed by atoms with Crippen LogP contribution in [0.25, 0.3) is 0 Å². The van der Waals surface area contributed by atoms with E-state index in [0.717, 1.165) is 4.90 Å². The highest BCUT2D eigenvalue weighted by Gasteiger charge is 2.39. The van der Waals surface area contributed by atoms with E-state index < -0.39 is 24.4 Å². The fourth-order valence-corrected chi connectivity index (χ4v) is 3.67. The van der Waals surface area contributed by atoms with Crippen molar-refractivity contribution >= 4 is 40.9 Å². The number of esters is 1. The summed E-state index contributed by atoms with van der Waals surface area (Å²) in [6, 6.07) is 15.2. The molecule has 1 aliphatic rings. The molecule has 168 valence electrons. The van der Waals surface area contributed by atoms with E-state index in [4.69, 9.17) is 20.8 Å². The molecule has 1 N–H and O–H groups in total. The van der Waals surface area contributed by atoms with Crippen LogP contribution in [0, 0.1) is 0 Å². The van der Waals surface area contributed by atoms with Crippen LogP contribution in [0.5, 0.6) is 0 Å². The maximum absolute atomic E-state index is 12.7. The summed E-state index contributed by atoms with van der Waals surface area (Å²) in [5.74, 6) is -1.21. The number of carbonyl (C=O) groups excluding carboxylic acids is 4. The Balaban J connectivity index is 1.35. The van der Waals surface area contributed by atoms with Crippen molar-refractivity contribution in [3.63, 3.8) is 0 Å². The lowest BCUT2D eigenvalue weighted by Crippen LogP contribution is -2.38. The second-order valence-corrected chi connectivity index (χ2v) is 7.72. The number of hydrogen-bond donors (Lipinski definition) is 1. The molecular formula is C24H19ClN2O6. The molecule has 0 saturated carbocycles. The monoisotopic (exact) mass is 466 g/mol. The fraction of sp³-hybridized carbons (Fsp3) is 0.167. The Bertz CT molecular complexity index is 1190. The molecular weight excluding hydrogens is 448 g/mol. The molecule has 9 heteroatoms. The molecule has 1 aliphatic heterocycles. The standard InChI is InChI=1S/C24H19ClN2O6/c25-19-6-2-1-5-18(19)21(28)14-33-24(31)15-7-9-16(10-8-15)27-22(29)12-20(23(27)30)26-13-17-4-3-11-32-17/h1-11,20,26H,12-14H2. The average Bonchev–Trinajstić information content (AvgIpc) is 3.43. The zero-order valence-corrected chi connectivity index (χ0v) is 18.1. The van der Waals surface area contributed by atoms with Crippen molar-refractivity contribution < 1.29 is 28.3 Å². The summed E-state index contributed by atoms with van der Waals surface area (Å²) in [6.07, 6.45) is 1.55. The number of imide groups is 1. The molecule has 2 amide bonds. The first-order valence-electron chi connectivity index (χ1n) is 10.1. The lowest BCUT2D eigenvalue weighted by molar-refractivity contribution is -0.121. The largest absolute Gasteiger partial charge is 0.468 e. The smallest absolute Gasteiger partial charge is 0.338 e. The summed E-state index contributed by atoms with van der Waals surface area (Å²) in [7, 11) is 0. The number of hydrogen-bond acceptors (Lipinski definition) is 7. The first-order chi connectivity index (χ1) is 15.9. The third-order valence-corrected chi connectivity index (χ3v) is 5.45. The SMILES string of the molecule is O=C(OCC(=O)c1ccccc1Cl)c1ccc(N2C(=O)CC(NCc3ccco3)C2=O)cc1. The molecule has 0 radical (unpaired) electrons. The molecule has 2 heterocycles. The van der Waals surface area contributed by atoms with Gasteiger partial charge in [-0.2, -0.15) is 0 Å². The van der Waals surface area contributed by atoms with E-state index in [2.05, 4.69) is 5.32 Å². The van der Waals surface area contributed by atoms with Gasteiger partial charge in [0, 0.05) is 5.56 Å². The van der Waals surface area contributed by atoms with Crippen LogP contribution in [0.4, 0.5) is 5.69 Å². The van der Waals surface area contributed by atoms with Gasteiger partial charge in [-0.25, -0.2) is 9.69 Å². The molecule has 1 unspecified atom stereocenters. The maximum Gasteiger partial charge on any atom is 0.338 e. The van der Waals surface area contributed by atoms with Gasteiger partial charge < -0.3 is 9.15 Å². The lowest BCUT2D eigenvalue weighted by atomic mass is 10.1. The number of halogens is 1. The number of ether oxygens (including phenoxy) is 1. The van der Waals surface area contributed by atoms with Crippen LogP contribution < -0.4 is 10.2 Å². The lowest BCUT2D eigenvalue weighted by Gasteiger charge is -2.15. The molecule has 8 nitrogen and oxygen atoms in total. The Kier molecular flexibility index (Phi) is 6.67. The number of Topliss-reactive ketones (excluding diaryl/α,β-unsaturated/α-hetero) is 1. The molecule has 1 saturated heterocycles. The Hall–Kier alpha value is -3.75. The molecule has 0 aliphatic carbocycles. The number of carbonyl (C=O) groups is 4. The summed E-state index contributed by atoms with van der Waals surface area (Å²) in [6.45, 7) is -0.140. The predicted octanol–water partition coefficient (Wildman–Crippen LogP) is 3.39. The van der Waals surface area contributed by atoms with Crippen LogP contribution in [0.1, 0.15) is 32.9 Å². The first kappa shape index (κ1) is 22.4. The van der Waals surface area contributed by atoms with Gasteiger partial charge in [0.05, 0.1) is 41.5 Å². The minimum absolute atomic E-state index is 0.0213. The van der Waals surface area contributed by atoms with Crippen LogP contribution in [0.3, 0.4) is 0 Å². The number of benzene rings is 2. The summed E-state index contributed by atoms with van der Waals surface area (Å²) in [4.78, 5) is 50.7. The van der Waals surface area contributed by atoms with Gasteiger partial charge in [-0.15, -0.1) is 0 Å². The quantitative estimate of drug-likeness (QED) is 0.308. The third-order valence-electron chi connectivity index (χ3n) is 5.12. The van der Waals surface area contributed by atoms with E-state index in [9.17, 15) is 19.2 Å². The normalized spacial score (nSPS) is 15.7. The van der Waals surface area contributed by atoms with Crippen LogP contribution in [0.2, 0.25) is 5.02 Å². The predicted molar refractivity (Wildman–Crippen MR) is 119 cm³/mol. The molecule has 1 fully saturated rings. The summed E-state index contributed by atoms with van der Waals surface area (Å²) in [5, 5.41) is 3.29. The second kappa shape index (κ2) is 9.81. The third kappa shape index (κ3) is 5.02. The van der Waals surface area contributed by atoms with Gasteiger partial charge in [0.2, 0.25) is 11.7 Å². The maximum atomic E-state index is 12.7. The van der Waals surface area contributed by atoms with Gasteiger partial charge in [0.1, 0.15) is 5.76 Å². The van der Waals surface area contributed by atoms with Gasteiger partial charge in [-0.05, 0) is 48.5 Å². The number of amides is 2. The van der Waals surface area contributed by atoms with E-state index in [1.165, 1.54) is 30.5 Å². The highest BCUT2D eigenvalue weighted by molar-refractivity contribution is 6.34. The molecule has 0 bridgehead atoms. The molecule has 3 aromatic rings. The second-order valence-electron chi connectivity index (χ2n) is 7.31. The summed E-state index contributed by atoms with van der Waals surface area (Å²) < 4.78 is 10.3. The Morgan fingerprint density at radius 2 is 1.82 bits per heavy atom. The van der Waals surface area contributed by atoms with Crippen molar-refractivity contribution in [1.82, 2.24) is 5.32 Å². The van der Waals surface area contributed by atoms with Crippen molar-refractivity contribution in [1.29, 1.82) is 0 Å². The number of nitrogens with one attached hydrogen (secondary N) is 1. The number of furan rings is 1. The molecule has 4 rings (SSSR count). The average molecular weight is 467 g/mol. The van der Waals surface area contributed by atoms with Crippen molar-refractivity contribution in [3.05, 3.63) is 88.8 Å². The number of rotatable bonds is 8. The molecule has 0 spiro atoms. The van der Waals surface area contributed by atoms with E-state index >= 15 is 0 Å². The van der Waals surface area contributed by atoms with Crippen molar-refractivity contribution in [2.75, 3.05) is 11.5 Å². The number of ketones is 1. The van der Waals surface area contributed by atoms with Gasteiger partial charge in [0.25, 0.3) is 5.91 Å². The minimum Gasteiger partial charge on any atom is -0.468 e. The highest BCUT2D eigenvalue weighted by Crippen LogP contribution is 2.24. The van der Waals surface area contributed by atoms with Crippen molar-refractivity contribution in [2.45, 2.75) is 19.0 Å². The van der Waals surface area contributed by atoms with Crippen LogP contribution in [0.15, 0.2) is 71.3 Å². The van der Waals surface area contributed by atoms with Gasteiger partial charge in [0.15, 0.2) is 6.61 Å². The van der Waals surface area contributed by atoms with Gasteiger partial charge in [-0.1, -0.05) is 23.7 Å². The summed E-state index contributed by atoms with van der Waals surface area (Å²) in [5.41, 5.74) is 0.789. The summed E-state index contributed by atoms with van der Waals surface area (Å²) >= 11 is 5.98. The van der Waals surface area contributed by atoms with Crippen molar-refractivity contribution in [2.24, 2.45) is 0 Å². The van der Waals surface area contributed by atoms with Gasteiger partial charge >= 0.3 is 5.97 Å². The van der Waals surface area contributed by atoms with Crippen LogP contribution >= 0.6 is 11.6 Å². The Morgan fingerprint density at radius 1 is 1.06 bits per heavy atom. The van der Waals surface area contributed by atoms with E-state index in [0.29, 0.717) is 18.0 Å². The number of anilines is 1. The molecule has 33 heavy (non-hydrogen) atoms. The van der Waals surface area contributed by atoms with E-state index in [-0.39, 0.29) is 34.4 Å². The van der Waals surface area contributed by atoms with E-state index in [1.54, 1.807) is 36.4 Å². The fourth-order valence-electron chi connectivity index (χ4n) is 3.43. The number of nitrogens with zero attached hydrogens (tertiary/aromatic N) is 1. The highest BCUT2D eigenvalue weighted by atomic mass is 35.5. The first-order valence-corrected chi connectivity index (χ1v) is 10.5. The zero-order chi connectivity index (χ0) is 23.4. The topological polar surface area (TPSA) is 106 Å². The zero-order valence-electron chi connectivity index (χ0n) is 17.3. The van der Waals surface area contributed by atoms with Crippen molar-refractivity contribution in [3.8, 4) is 0 Å². The molecule has 1 aromatic heterocycles. The Morgan fingerprint density at radius 3 is 2.52 bits per heavy atom. The van der Waals surface area contributed by atoms with E-state index in [1.807, 2.05) is 0 Å². The van der Waals surface area contributed by atoms with Gasteiger partial charge in [-0.3, -0.25) is 19.7 Å². The van der Waals surface area contributed by atoms with Crippen LogP contribution in [-0.4, -0.2) is 36.2 Å². The minimum atomic E-state index is -0.709. The molecule has 1 atom stereocenters.